The largest absolute Gasteiger partial charge is 0.306 e. The van der Waals surface area contributed by atoms with Crippen LogP contribution in [0.3, 0.4) is 0 Å². The molecule has 7 nitrogen and oxygen atoms in total. The Morgan fingerprint density at radius 2 is 1.90 bits per heavy atom. The first-order valence-electron chi connectivity index (χ1n) is 10.1. The van der Waals surface area contributed by atoms with Gasteiger partial charge in [-0.3, -0.25) is 23.6 Å². The van der Waals surface area contributed by atoms with Crippen molar-refractivity contribution in [1.29, 1.82) is 0 Å². The van der Waals surface area contributed by atoms with Gasteiger partial charge in [-0.2, -0.15) is 5.10 Å². The molecule has 0 saturated carbocycles. The molecule has 1 aromatic carbocycles. The monoisotopic (exact) mass is 404 g/mol. The first kappa shape index (κ1) is 19.8. The number of aryl methyl sites for hydroxylation is 2. The Kier molecular flexibility index (Phi) is 5.11. The SMILES string of the molecule is CCc1nn(C)c(NC(=O)c2cc3c(n(-c4ccccc4)c2=O)CCCC3=O)c1C. The zero-order chi connectivity index (χ0) is 21.4. The third-order valence-electron chi connectivity index (χ3n) is 5.63. The van der Waals surface area contributed by atoms with Gasteiger partial charge in [0, 0.05) is 36.0 Å². The molecule has 1 N–H and O–H groups in total. The van der Waals surface area contributed by atoms with Crippen molar-refractivity contribution in [3.05, 3.63) is 74.8 Å². The number of anilines is 1. The minimum absolute atomic E-state index is 0.0417. The number of nitrogens with one attached hydrogen (secondary N) is 1. The maximum atomic E-state index is 13.4. The lowest BCUT2D eigenvalue weighted by atomic mass is 9.92. The van der Waals surface area contributed by atoms with Crippen LogP contribution in [-0.2, 0) is 19.9 Å². The van der Waals surface area contributed by atoms with Gasteiger partial charge in [-0.05, 0) is 44.4 Å². The molecule has 3 aromatic rings. The second-order valence-corrected chi connectivity index (χ2v) is 7.52. The molecule has 1 amide bonds. The van der Waals surface area contributed by atoms with E-state index in [4.69, 9.17) is 0 Å². The van der Waals surface area contributed by atoms with Gasteiger partial charge in [-0.15, -0.1) is 0 Å². The molecule has 154 valence electrons. The number of carbonyl (C=O) groups is 2. The van der Waals surface area contributed by atoms with Crippen LogP contribution in [-0.4, -0.2) is 26.0 Å². The van der Waals surface area contributed by atoms with E-state index in [0.29, 0.717) is 42.0 Å². The number of hydrogen-bond acceptors (Lipinski definition) is 4. The van der Waals surface area contributed by atoms with E-state index in [9.17, 15) is 14.4 Å². The number of pyridine rings is 1. The summed E-state index contributed by atoms with van der Waals surface area (Å²) >= 11 is 0. The Labute approximate surface area is 174 Å². The molecule has 0 bridgehead atoms. The number of aromatic nitrogens is 3. The summed E-state index contributed by atoms with van der Waals surface area (Å²) in [4.78, 5) is 39.1. The highest BCUT2D eigenvalue weighted by Gasteiger charge is 2.27. The summed E-state index contributed by atoms with van der Waals surface area (Å²) in [5.41, 5.74) is 3.04. The van der Waals surface area contributed by atoms with Crippen molar-refractivity contribution in [2.24, 2.45) is 7.05 Å². The molecule has 1 aliphatic carbocycles. The van der Waals surface area contributed by atoms with Crippen LogP contribution in [0.5, 0.6) is 0 Å². The zero-order valence-electron chi connectivity index (χ0n) is 17.4. The summed E-state index contributed by atoms with van der Waals surface area (Å²) < 4.78 is 3.11. The number of ketones is 1. The van der Waals surface area contributed by atoms with Gasteiger partial charge in [-0.1, -0.05) is 25.1 Å². The Balaban J connectivity index is 1.86. The van der Waals surface area contributed by atoms with Crippen molar-refractivity contribution in [1.82, 2.24) is 14.3 Å². The molecule has 0 unspecified atom stereocenters. The molecule has 1 aliphatic rings. The Morgan fingerprint density at radius 3 is 2.57 bits per heavy atom. The standard InChI is InChI=1S/C23H24N4O3/c1-4-18-14(2)21(26(3)25-18)24-22(29)17-13-16-19(11-8-12-20(16)28)27(23(17)30)15-9-6-5-7-10-15/h5-7,9-10,13H,4,8,11-12H2,1-3H3,(H,24,29). The Hall–Kier alpha value is -3.48. The van der Waals surface area contributed by atoms with Crippen LogP contribution in [0, 0.1) is 6.92 Å². The van der Waals surface area contributed by atoms with Crippen LogP contribution in [0.15, 0.2) is 41.2 Å². The number of fused-ring (bicyclic) bond motifs is 1. The summed E-state index contributed by atoms with van der Waals surface area (Å²) in [6.45, 7) is 3.88. The zero-order valence-corrected chi connectivity index (χ0v) is 17.4. The minimum atomic E-state index is -0.542. The highest BCUT2D eigenvalue weighted by atomic mass is 16.2. The third kappa shape index (κ3) is 3.26. The van der Waals surface area contributed by atoms with Gasteiger partial charge in [0.05, 0.1) is 5.69 Å². The quantitative estimate of drug-likeness (QED) is 0.723. The van der Waals surface area contributed by atoms with Gasteiger partial charge in [0.1, 0.15) is 11.4 Å². The van der Waals surface area contributed by atoms with Crippen LogP contribution in [0.25, 0.3) is 5.69 Å². The second-order valence-electron chi connectivity index (χ2n) is 7.52. The van der Waals surface area contributed by atoms with Crippen molar-refractivity contribution >= 4 is 17.5 Å². The van der Waals surface area contributed by atoms with E-state index in [0.717, 1.165) is 17.7 Å². The second kappa shape index (κ2) is 7.74. The maximum Gasteiger partial charge on any atom is 0.268 e. The van der Waals surface area contributed by atoms with E-state index < -0.39 is 11.5 Å². The number of Topliss-reactive ketones (excluding diaryl/α,β-unsaturated/α-hetero) is 1. The van der Waals surface area contributed by atoms with Gasteiger partial charge in [0.2, 0.25) is 0 Å². The summed E-state index contributed by atoms with van der Waals surface area (Å²) in [6.07, 6.45) is 2.47. The number of amides is 1. The maximum absolute atomic E-state index is 13.4. The smallest absolute Gasteiger partial charge is 0.268 e. The van der Waals surface area contributed by atoms with Crippen LogP contribution < -0.4 is 10.9 Å². The lowest BCUT2D eigenvalue weighted by Gasteiger charge is -2.21. The van der Waals surface area contributed by atoms with Crippen LogP contribution in [0.1, 0.15) is 57.4 Å². The van der Waals surface area contributed by atoms with Crippen molar-refractivity contribution in [3.63, 3.8) is 0 Å². The lowest BCUT2D eigenvalue weighted by molar-refractivity contribution is 0.0971. The van der Waals surface area contributed by atoms with E-state index in [-0.39, 0.29) is 11.3 Å². The number of benzene rings is 1. The molecule has 0 atom stereocenters. The molecular weight excluding hydrogens is 380 g/mol. The molecule has 2 heterocycles. The summed E-state index contributed by atoms with van der Waals surface area (Å²) in [5, 5.41) is 7.24. The molecule has 7 heteroatoms. The van der Waals surface area contributed by atoms with E-state index in [1.165, 1.54) is 10.6 Å². The molecule has 30 heavy (non-hydrogen) atoms. The molecule has 2 aromatic heterocycles. The fraction of sp³-hybridized carbons (Fsp3) is 0.304. The lowest BCUT2D eigenvalue weighted by Crippen LogP contribution is -2.33. The van der Waals surface area contributed by atoms with E-state index in [1.807, 2.05) is 32.0 Å². The first-order valence-corrected chi connectivity index (χ1v) is 10.1. The molecule has 0 radical (unpaired) electrons. The van der Waals surface area contributed by atoms with E-state index >= 15 is 0 Å². The normalized spacial score (nSPS) is 13.2. The van der Waals surface area contributed by atoms with E-state index in [1.54, 1.807) is 23.9 Å². The van der Waals surface area contributed by atoms with Gasteiger partial charge in [0.25, 0.3) is 11.5 Å². The van der Waals surface area contributed by atoms with Crippen molar-refractivity contribution in [2.45, 2.75) is 39.5 Å². The van der Waals surface area contributed by atoms with Gasteiger partial charge in [0.15, 0.2) is 5.78 Å². The summed E-state index contributed by atoms with van der Waals surface area (Å²) in [5.74, 6) is -0.0360. The average molecular weight is 404 g/mol. The summed E-state index contributed by atoms with van der Waals surface area (Å²) in [6, 6.07) is 10.6. The number of hydrogen-bond donors (Lipinski definition) is 1. The number of rotatable bonds is 4. The number of carbonyl (C=O) groups excluding carboxylic acids is 2. The predicted molar refractivity (Wildman–Crippen MR) is 115 cm³/mol. The number of nitrogens with zero attached hydrogens (tertiary/aromatic N) is 3. The van der Waals surface area contributed by atoms with Crippen molar-refractivity contribution < 1.29 is 9.59 Å². The van der Waals surface area contributed by atoms with E-state index in [2.05, 4.69) is 10.4 Å². The molecule has 0 saturated heterocycles. The van der Waals surface area contributed by atoms with Crippen molar-refractivity contribution in [3.8, 4) is 5.69 Å². The molecule has 0 aliphatic heterocycles. The van der Waals surface area contributed by atoms with Gasteiger partial charge < -0.3 is 5.32 Å². The highest BCUT2D eigenvalue weighted by Crippen LogP contribution is 2.24. The topological polar surface area (TPSA) is 86.0 Å². The van der Waals surface area contributed by atoms with Crippen LogP contribution in [0.2, 0.25) is 0 Å². The number of para-hydroxylation sites is 1. The Morgan fingerprint density at radius 1 is 1.17 bits per heavy atom. The van der Waals surface area contributed by atoms with Crippen LogP contribution >= 0.6 is 0 Å². The molecule has 4 rings (SSSR count). The molecule has 0 fully saturated rings. The van der Waals surface area contributed by atoms with Gasteiger partial charge >= 0.3 is 0 Å². The Bertz CT molecular complexity index is 1210. The fourth-order valence-electron chi connectivity index (χ4n) is 4.08. The van der Waals surface area contributed by atoms with Crippen LogP contribution in [0.4, 0.5) is 5.82 Å². The predicted octanol–water partition coefficient (Wildman–Crippen LogP) is 3.21. The average Bonchev–Trinajstić information content (AvgIpc) is 3.01. The highest BCUT2D eigenvalue weighted by molar-refractivity contribution is 6.06. The minimum Gasteiger partial charge on any atom is -0.306 e. The fourth-order valence-corrected chi connectivity index (χ4v) is 4.08. The molecule has 0 spiro atoms. The van der Waals surface area contributed by atoms with Crippen molar-refractivity contribution in [2.75, 3.05) is 5.32 Å². The summed E-state index contributed by atoms with van der Waals surface area (Å²) in [7, 11) is 1.75. The first-order chi connectivity index (χ1) is 14.4. The molecular formula is C23H24N4O3. The third-order valence-corrected chi connectivity index (χ3v) is 5.63. The van der Waals surface area contributed by atoms with Gasteiger partial charge in [-0.25, -0.2) is 0 Å².